The standard InChI is InChI=1S/C15H28N2O2/c1-3-4-7-13(15(18)19-2)16-12-9-11-17-10-6-5-8-14(12)17/h12-14,16H,3-11H2,1-2H3. The Bertz CT molecular complexity index is 296. The molecule has 4 heteroatoms. The van der Waals surface area contributed by atoms with Crippen molar-refractivity contribution >= 4 is 5.97 Å². The van der Waals surface area contributed by atoms with E-state index in [1.807, 2.05) is 0 Å². The summed E-state index contributed by atoms with van der Waals surface area (Å²) in [6, 6.07) is 1.00. The third kappa shape index (κ3) is 3.69. The predicted molar refractivity (Wildman–Crippen MR) is 76.1 cm³/mol. The molecule has 2 aliphatic heterocycles. The highest BCUT2D eigenvalue weighted by Gasteiger charge is 2.37. The van der Waals surface area contributed by atoms with Gasteiger partial charge in [-0.15, -0.1) is 0 Å². The molecule has 19 heavy (non-hydrogen) atoms. The van der Waals surface area contributed by atoms with E-state index in [4.69, 9.17) is 4.74 Å². The van der Waals surface area contributed by atoms with Crippen LogP contribution in [0, 0.1) is 0 Å². The van der Waals surface area contributed by atoms with Crippen LogP contribution in [0.5, 0.6) is 0 Å². The molecule has 0 saturated carbocycles. The molecule has 3 atom stereocenters. The summed E-state index contributed by atoms with van der Waals surface area (Å²) in [6.07, 6.45) is 8.20. The minimum Gasteiger partial charge on any atom is -0.468 e. The van der Waals surface area contributed by atoms with Crippen LogP contribution >= 0.6 is 0 Å². The fraction of sp³-hybridized carbons (Fsp3) is 0.933. The number of carbonyl (C=O) groups is 1. The molecule has 0 spiro atoms. The average molecular weight is 268 g/mol. The fourth-order valence-corrected chi connectivity index (χ4v) is 3.52. The number of ether oxygens (including phenoxy) is 1. The normalized spacial score (nSPS) is 28.9. The van der Waals surface area contributed by atoms with Crippen LogP contribution in [0.15, 0.2) is 0 Å². The molecule has 0 radical (unpaired) electrons. The van der Waals surface area contributed by atoms with Gasteiger partial charge in [0, 0.05) is 18.6 Å². The first-order chi connectivity index (χ1) is 9.26. The molecule has 0 aliphatic carbocycles. The van der Waals surface area contributed by atoms with Crippen molar-refractivity contribution in [2.24, 2.45) is 0 Å². The fourth-order valence-electron chi connectivity index (χ4n) is 3.52. The monoisotopic (exact) mass is 268 g/mol. The second-order valence-electron chi connectivity index (χ2n) is 5.88. The molecule has 3 unspecified atom stereocenters. The Morgan fingerprint density at radius 2 is 2.21 bits per heavy atom. The molecule has 0 aromatic heterocycles. The summed E-state index contributed by atoms with van der Waals surface area (Å²) < 4.78 is 4.94. The highest BCUT2D eigenvalue weighted by atomic mass is 16.5. The Kier molecular flexibility index (Phi) is 5.64. The zero-order chi connectivity index (χ0) is 13.7. The van der Waals surface area contributed by atoms with Gasteiger partial charge in [-0.1, -0.05) is 26.2 Å². The number of piperidine rings is 1. The molecule has 110 valence electrons. The predicted octanol–water partition coefficient (Wildman–Crippen LogP) is 1.93. The number of esters is 1. The Morgan fingerprint density at radius 1 is 1.37 bits per heavy atom. The second-order valence-corrected chi connectivity index (χ2v) is 5.88. The third-order valence-corrected chi connectivity index (χ3v) is 4.60. The summed E-state index contributed by atoms with van der Waals surface area (Å²) in [6.45, 7) is 4.58. The van der Waals surface area contributed by atoms with E-state index < -0.39 is 0 Å². The first kappa shape index (κ1) is 14.8. The van der Waals surface area contributed by atoms with Crippen molar-refractivity contribution in [3.05, 3.63) is 0 Å². The summed E-state index contributed by atoms with van der Waals surface area (Å²) >= 11 is 0. The molecule has 2 saturated heterocycles. The van der Waals surface area contributed by atoms with E-state index in [1.165, 1.54) is 45.9 Å². The van der Waals surface area contributed by atoms with E-state index in [1.54, 1.807) is 0 Å². The zero-order valence-corrected chi connectivity index (χ0v) is 12.4. The van der Waals surface area contributed by atoms with Gasteiger partial charge in [-0.25, -0.2) is 0 Å². The highest BCUT2D eigenvalue weighted by molar-refractivity contribution is 5.75. The van der Waals surface area contributed by atoms with Gasteiger partial charge in [-0.2, -0.15) is 0 Å². The largest absolute Gasteiger partial charge is 0.468 e. The number of nitrogens with one attached hydrogen (secondary N) is 1. The van der Waals surface area contributed by atoms with Gasteiger partial charge >= 0.3 is 5.97 Å². The molecule has 0 aromatic rings. The summed E-state index contributed by atoms with van der Waals surface area (Å²) in [4.78, 5) is 14.5. The van der Waals surface area contributed by atoms with E-state index in [-0.39, 0.29) is 12.0 Å². The minimum atomic E-state index is -0.114. The smallest absolute Gasteiger partial charge is 0.322 e. The summed E-state index contributed by atoms with van der Waals surface area (Å²) in [5, 5.41) is 3.58. The Hall–Kier alpha value is -0.610. The Morgan fingerprint density at radius 3 is 2.95 bits per heavy atom. The molecule has 0 bridgehead atoms. The molecule has 1 N–H and O–H groups in total. The van der Waals surface area contributed by atoms with E-state index in [9.17, 15) is 4.79 Å². The lowest BCUT2D eigenvalue weighted by molar-refractivity contribution is -0.143. The molecule has 0 amide bonds. The van der Waals surface area contributed by atoms with Crippen molar-refractivity contribution in [3.8, 4) is 0 Å². The minimum absolute atomic E-state index is 0.0947. The first-order valence-electron chi connectivity index (χ1n) is 7.84. The second kappa shape index (κ2) is 7.25. The van der Waals surface area contributed by atoms with Gasteiger partial charge in [0.15, 0.2) is 0 Å². The molecular formula is C15H28N2O2. The Balaban J connectivity index is 1.90. The van der Waals surface area contributed by atoms with Crippen LogP contribution in [0.4, 0.5) is 0 Å². The molecular weight excluding hydrogens is 240 g/mol. The van der Waals surface area contributed by atoms with Gasteiger partial charge in [0.05, 0.1) is 7.11 Å². The number of carbonyl (C=O) groups excluding carboxylic acids is 1. The Labute approximate surface area is 116 Å². The lowest BCUT2D eigenvalue weighted by Gasteiger charge is -2.34. The van der Waals surface area contributed by atoms with Crippen molar-refractivity contribution in [1.82, 2.24) is 10.2 Å². The lowest BCUT2D eigenvalue weighted by atomic mass is 9.97. The molecule has 2 aliphatic rings. The number of unbranched alkanes of at least 4 members (excludes halogenated alkanes) is 1. The molecule has 2 rings (SSSR count). The van der Waals surface area contributed by atoms with Crippen molar-refractivity contribution in [1.29, 1.82) is 0 Å². The van der Waals surface area contributed by atoms with Crippen molar-refractivity contribution < 1.29 is 9.53 Å². The van der Waals surface area contributed by atoms with Crippen LogP contribution in [0.25, 0.3) is 0 Å². The number of methoxy groups -OCH3 is 1. The van der Waals surface area contributed by atoms with E-state index in [2.05, 4.69) is 17.1 Å². The molecule has 2 fully saturated rings. The van der Waals surface area contributed by atoms with Crippen LogP contribution in [0.2, 0.25) is 0 Å². The van der Waals surface area contributed by atoms with Gasteiger partial charge in [-0.05, 0) is 32.2 Å². The van der Waals surface area contributed by atoms with E-state index in [0.29, 0.717) is 12.1 Å². The quantitative estimate of drug-likeness (QED) is 0.748. The maximum absolute atomic E-state index is 11.9. The topological polar surface area (TPSA) is 41.6 Å². The number of hydrogen-bond acceptors (Lipinski definition) is 4. The van der Waals surface area contributed by atoms with Gasteiger partial charge in [0.25, 0.3) is 0 Å². The summed E-state index contributed by atoms with van der Waals surface area (Å²) in [5.41, 5.74) is 0. The highest BCUT2D eigenvalue weighted by Crippen LogP contribution is 2.27. The van der Waals surface area contributed by atoms with Crippen molar-refractivity contribution in [3.63, 3.8) is 0 Å². The van der Waals surface area contributed by atoms with E-state index >= 15 is 0 Å². The third-order valence-electron chi connectivity index (χ3n) is 4.60. The van der Waals surface area contributed by atoms with Crippen LogP contribution in [0.3, 0.4) is 0 Å². The molecule has 4 nitrogen and oxygen atoms in total. The van der Waals surface area contributed by atoms with Gasteiger partial charge < -0.3 is 4.74 Å². The summed E-state index contributed by atoms with van der Waals surface area (Å²) in [5.74, 6) is -0.0947. The zero-order valence-electron chi connectivity index (χ0n) is 12.4. The maximum atomic E-state index is 11.9. The van der Waals surface area contributed by atoms with Crippen LogP contribution in [-0.2, 0) is 9.53 Å². The first-order valence-corrected chi connectivity index (χ1v) is 7.84. The number of rotatable bonds is 6. The van der Waals surface area contributed by atoms with Gasteiger partial charge in [0.1, 0.15) is 6.04 Å². The molecule has 0 aromatic carbocycles. The lowest BCUT2D eigenvalue weighted by Crippen LogP contribution is -2.50. The van der Waals surface area contributed by atoms with Crippen molar-refractivity contribution in [2.45, 2.75) is 70.0 Å². The molecule has 2 heterocycles. The van der Waals surface area contributed by atoms with Crippen molar-refractivity contribution in [2.75, 3.05) is 20.2 Å². The summed E-state index contributed by atoms with van der Waals surface area (Å²) in [7, 11) is 1.49. The van der Waals surface area contributed by atoms with Crippen LogP contribution < -0.4 is 5.32 Å². The van der Waals surface area contributed by atoms with E-state index in [0.717, 1.165) is 19.3 Å². The van der Waals surface area contributed by atoms with Gasteiger partial charge in [-0.3, -0.25) is 15.0 Å². The number of hydrogen-bond donors (Lipinski definition) is 1. The average Bonchev–Trinajstić information content (AvgIpc) is 2.86. The number of nitrogens with zero attached hydrogens (tertiary/aromatic N) is 1. The van der Waals surface area contributed by atoms with Crippen LogP contribution in [-0.4, -0.2) is 49.2 Å². The SMILES string of the molecule is CCCCC(NC1CCN2CCCCC12)C(=O)OC. The van der Waals surface area contributed by atoms with Gasteiger partial charge in [0.2, 0.25) is 0 Å². The number of fused-ring (bicyclic) bond motifs is 1. The van der Waals surface area contributed by atoms with Crippen LogP contribution in [0.1, 0.15) is 51.9 Å². The maximum Gasteiger partial charge on any atom is 0.322 e.